The maximum atomic E-state index is 11.8. The SMILES string of the molecule is Cn1ccc(C(=O)Nc2c(N)cccc2Cl)n1. The van der Waals surface area contributed by atoms with Crippen LogP contribution in [0.25, 0.3) is 0 Å². The summed E-state index contributed by atoms with van der Waals surface area (Å²) in [5.41, 5.74) is 6.87. The highest BCUT2D eigenvalue weighted by molar-refractivity contribution is 6.34. The smallest absolute Gasteiger partial charge is 0.276 e. The fourth-order valence-corrected chi connectivity index (χ4v) is 1.62. The van der Waals surface area contributed by atoms with Crippen LogP contribution >= 0.6 is 11.6 Å². The number of rotatable bonds is 2. The normalized spacial score (nSPS) is 10.2. The number of anilines is 2. The van der Waals surface area contributed by atoms with Gasteiger partial charge in [-0.3, -0.25) is 9.48 Å². The maximum absolute atomic E-state index is 11.8. The zero-order valence-corrected chi connectivity index (χ0v) is 9.90. The Hall–Kier alpha value is -2.01. The minimum absolute atomic E-state index is 0.312. The first-order chi connectivity index (χ1) is 8.08. The van der Waals surface area contributed by atoms with Gasteiger partial charge in [0.2, 0.25) is 0 Å². The molecule has 0 aliphatic rings. The lowest BCUT2D eigenvalue weighted by atomic mass is 10.2. The molecule has 0 spiro atoms. The molecule has 1 amide bonds. The summed E-state index contributed by atoms with van der Waals surface area (Å²) in [6, 6.07) is 6.66. The van der Waals surface area contributed by atoms with Crippen molar-refractivity contribution in [2.75, 3.05) is 11.1 Å². The van der Waals surface area contributed by atoms with Crippen LogP contribution in [0, 0.1) is 0 Å². The Balaban J connectivity index is 2.24. The Kier molecular flexibility index (Phi) is 3.01. The number of aryl methyl sites for hydroxylation is 1. The van der Waals surface area contributed by atoms with E-state index in [-0.39, 0.29) is 5.91 Å². The van der Waals surface area contributed by atoms with E-state index in [0.717, 1.165) is 0 Å². The summed E-state index contributed by atoms with van der Waals surface area (Å²) < 4.78 is 1.55. The summed E-state index contributed by atoms with van der Waals surface area (Å²) in [6.45, 7) is 0. The maximum Gasteiger partial charge on any atom is 0.276 e. The second kappa shape index (κ2) is 4.47. The molecule has 0 radical (unpaired) electrons. The zero-order chi connectivity index (χ0) is 12.4. The van der Waals surface area contributed by atoms with Crippen LogP contribution in [0.5, 0.6) is 0 Å². The molecule has 1 heterocycles. The Labute approximate surface area is 103 Å². The van der Waals surface area contributed by atoms with Crippen LogP contribution < -0.4 is 11.1 Å². The summed E-state index contributed by atoms with van der Waals surface area (Å²) in [5, 5.41) is 7.02. The van der Waals surface area contributed by atoms with E-state index in [2.05, 4.69) is 10.4 Å². The number of halogens is 1. The van der Waals surface area contributed by atoms with Gasteiger partial charge >= 0.3 is 0 Å². The second-order valence-corrected chi connectivity index (χ2v) is 3.94. The van der Waals surface area contributed by atoms with Crippen molar-refractivity contribution in [2.45, 2.75) is 0 Å². The van der Waals surface area contributed by atoms with Crippen molar-refractivity contribution in [3.05, 3.63) is 41.2 Å². The van der Waals surface area contributed by atoms with Crippen LogP contribution in [0.1, 0.15) is 10.5 Å². The first-order valence-electron chi connectivity index (χ1n) is 4.93. The average molecular weight is 251 g/mol. The molecule has 3 N–H and O–H groups in total. The molecule has 0 aliphatic heterocycles. The highest BCUT2D eigenvalue weighted by Gasteiger charge is 2.12. The molecular weight excluding hydrogens is 240 g/mol. The Morgan fingerprint density at radius 3 is 2.82 bits per heavy atom. The van der Waals surface area contributed by atoms with Gasteiger partial charge in [-0.2, -0.15) is 5.10 Å². The molecule has 0 aliphatic carbocycles. The molecule has 0 saturated heterocycles. The summed E-state index contributed by atoms with van der Waals surface area (Å²) in [4.78, 5) is 11.8. The molecule has 6 heteroatoms. The number of nitrogens with zero attached hydrogens (tertiary/aromatic N) is 2. The van der Waals surface area contributed by atoms with Crippen molar-refractivity contribution in [3.63, 3.8) is 0 Å². The average Bonchev–Trinajstić information content (AvgIpc) is 2.70. The lowest BCUT2D eigenvalue weighted by Crippen LogP contribution is -2.14. The molecule has 1 aromatic heterocycles. The predicted octanol–water partition coefficient (Wildman–Crippen LogP) is 1.91. The van der Waals surface area contributed by atoms with Gasteiger partial charge < -0.3 is 11.1 Å². The van der Waals surface area contributed by atoms with Crippen LogP contribution in [0.4, 0.5) is 11.4 Å². The first-order valence-corrected chi connectivity index (χ1v) is 5.30. The summed E-state index contributed by atoms with van der Waals surface area (Å²) in [5.74, 6) is -0.342. The van der Waals surface area contributed by atoms with Crippen molar-refractivity contribution < 1.29 is 4.79 Å². The zero-order valence-electron chi connectivity index (χ0n) is 9.14. The first kappa shape index (κ1) is 11.5. The number of nitrogen functional groups attached to an aromatic ring is 1. The van der Waals surface area contributed by atoms with E-state index in [4.69, 9.17) is 17.3 Å². The van der Waals surface area contributed by atoms with Crippen molar-refractivity contribution >= 4 is 28.9 Å². The number of para-hydroxylation sites is 1. The summed E-state index contributed by atoms with van der Waals surface area (Å²) >= 11 is 5.95. The summed E-state index contributed by atoms with van der Waals surface area (Å²) in [6.07, 6.45) is 1.69. The Morgan fingerprint density at radius 1 is 1.47 bits per heavy atom. The standard InChI is InChI=1S/C11H11ClN4O/c1-16-6-5-9(15-16)11(17)14-10-7(12)3-2-4-8(10)13/h2-6H,13H2,1H3,(H,14,17). The van der Waals surface area contributed by atoms with E-state index in [1.807, 2.05) is 0 Å². The monoisotopic (exact) mass is 250 g/mol. The lowest BCUT2D eigenvalue weighted by Gasteiger charge is -2.08. The minimum Gasteiger partial charge on any atom is -0.397 e. The number of carbonyl (C=O) groups excluding carboxylic acids is 1. The Morgan fingerprint density at radius 2 is 2.24 bits per heavy atom. The number of nitrogens with two attached hydrogens (primary N) is 1. The topological polar surface area (TPSA) is 72.9 Å². The number of amides is 1. The Bertz CT molecular complexity index is 544. The largest absolute Gasteiger partial charge is 0.397 e. The third-order valence-electron chi connectivity index (χ3n) is 2.23. The molecule has 1 aromatic carbocycles. The highest BCUT2D eigenvalue weighted by Crippen LogP contribution is 2.28. The molecule has 17 heavy (non-hydrogen) atoms. The van der Waals surface area contributed by atoms with E-state index < -0.39 is 0 Å². The van der Waals surface area contributed by atoms with Gasteiger partial charge in [0.15, 0.2) is 5.69 Å². The fourth-order valence-electron chi connectivity index (χ4n) is 1.39. The van der Waals surface area contributed by atoms with E-state index >= 15 is 0 Å². The number of benzene rings is 1. The molecule has 2 aromatic rings. The van der Waals surface area contributed by atoms with Crippen LogP contribution in [-0.4, -0.2) is 15.7 Å². The summed E-state index contributed by atoms with van der Waals surface area (Å²) in [7, 11) is 1.74. The number of aromatic nitrogens is 2. The van der Waals surface area contributed by atoms with Crippen LogP contribution in [0.3, 0.4) is 0 Å². The van der Waals surface area contributed by atoms with Crippen molar-refractivity contribution in [2.24, 2.45) is 7.05 Å². The van der Waals surface area contributed by atoms with Crippen molar-refractivity contribution in [1.82, 2.24) is 9.78 Å². The van der Waals surface area contributed by atoms with Gasteiger partial charge in [-0.15, -0.1) is 0 Å². The minimum atomic E-state index is -0.342. The van der Waals surface area contributed by atoms with Crippen molar-refractivity contribution in [1.29, 1.82) is 0 Å². The number of carbonyl (C=O) groups is 1. The molecule has 0 unspecified atom stereocenters. The molecule has 2 rings (SSSR count). The van der Waals surface area contributed by atoms with Crippen LogP contribution in [0.2, 0.25) is 5.02 Å². The van der Waals surface area contributed by atoms with Gasteiger partial charge in [-0.05, 0) is 18.2 Å². The number of hydrogen-bond acceptors (Lipinski definition) is 3. The van der Waals surface area contributed by atoms with Gasteiger partial charge in [0, 0.05) is 13.2 Å². The molecule has 0 atom stereocenters. The van der Waals surface area contributed by atoms with Gasteiger partial charge in [-0.1, -0.05) is 17.7 Å². The van der Waals surface area contributed by atoms with Crippen molar-refractivity contribution in [3.8, 4) is 0 Å². The lowest BCUT2D eigenvalue weighted by molar-refractivity contribution is 0.102. The van der Waals surface area contributed by atoms with Crippen LogP contribution in [-0.2, 0) is 7.05 Å². The number of hydrogen-bond donors (Lipinski definition) is 2. The van der Waals surface area contributed by atoms with E-state index in [1.165, 1.54) is 0 Å². The van der Waals surface area contributed by atoms with Gasteiger partial charge in [0.1, 0.15) is 0 Å². The second-order valence-electron chi connectivity index (χ2n) is 3.53. The third-order valence-corrected chi connectivity index (χ3v) is 2.55. The predicted molar refractivity (Wildman–Crippen MR) is 67.0 cm³/mol. The highest BCUT2D eigenvalue weighted by atomic mass is 35.5. The molecule has 0 bridgehead atoms. The number of nitrogens with one attached hydrogen (secondary N) is 1. The van der Waals surface area contributed by atoms with E-state index in [9.17, 15) is 4.79 Å². The van der Waals surface area contributed by atoms with Crippen LogP contribution in [0.15, 0.2) is 30.5 Å². The molecular formula is C11H11ClN4O. The molecule has 88 valence electrons. The van der Waals surface area contributed by atoms with E-state index in [1.54, 1.807) is 42.2 Å². The van der Waals surface area contributed by atoms with Gasteiger partial charge in [0.05, 0.1) is 16.4 Å². The molecule has 0 saturated carbocycles. The van der Waals surface area contributed by atoms with Gasteiger partial charge in [0.25, 0.3) is 5.91 Å². The molecule has 0 fully saturated rings. The fraction of sp³-hybridized carbons (Fsp3) is 0.0909. The van der Waals surface area contributed by atoms with E-state index in [0.29, 0.717) is 22.1 Å². The van der Waals surface area contributed by atoms with Gasteiger partial charge in [-0.25, -0.2) is 0 Å². The third kappa shape index (κ3) is 2.39. The molecule has 5 nitrogen and oxygen atoms in total. The quantitative estimate of drug-likeness (QED) is 0.800.